The molecular weight excluding hydrogens is 428 g/mol. The second kappa shape index (κ2) is 9.77. The molecule has 1 heterocycles. The summed E-state index contributed by atoms with van der Waals surface area (Å²) >= 11 is 0. The number of ether oxygens (including phenoxy) is 1. The molecule has 0 unspecified atom stereocenters. The zero-order chi connectivity index (χ0) is 23.3. The van der Waals surface area contributed by atoms with Gasteiger partial charge < -0.3 is 14.5 Å². The number of oxazole rings is 1. The number of nitro groups is 1. The predicted molar refractivity (Wildman–Crippen MR) is 108 cm³/mol. The van der Waals surface area contributed by atoms with E-state index in [1.54, 1.807) is 0 Å². The van der Waals surface area contributed by atoms with E-state index in [0.29, 0.717) is 0 Å². The number of carbonyl (C=O) groups excluding carboxylic acids is 2. The maximum atomic E-state index is 13.8. The third-order valence-electron chi connectivity index (χ3n) is 4.45. The predicted octanol–water partition coefficient (Wildman–Crippen LogP) is 3.95. The fourth-order valence-electron chi connectivity index (χ4n) is 2.84. The van der Waals surface area contributed by atoms with Crippen LogP contribution >= 0.6 is 0 Å². The smallest absolute Gasteiger partial charge is 0.306 e. The summed E-state index contributed by atoms with van der Waals surface area (Å²) < 4.78 is 37.8. The Kier molecular flexibility index (Phi) is 6.88. The maximum Gasteiger partial charge on any atom is 0.306 e. The lowest BCUT2D eigenvalue weighted by atomic mass is 10.1. The van der Waals surface area contributed by atoms with E-state index in [-0.39, 0.29) is 47.0 Å². The van der Waals surface area contributed by atoms with Crippen LogP contribution in [0.3, 0.4) is 0 Å². The lowest BCUT2D eigenvalue weighted by molar-refractivity contribution is -0.385. The summed E-state index contributed by atoms with van der Waals surface area (Å²) in [6.07, 6.45) is 0.945. The highest BCUT2D eigenvalue weighted by atomic mass is 19.1. The van der Waals surface area contributed by atoms with Crippen LogP contribution in [0.5, 0.6) is 0 Å². The summed E-state index contributed by atoms with van der Waals surface area (Å²) in [5, 5.41) is 13.4. The van der Waals surface area contributed by atoms with Crippen molar-refractivity contribution in [3.8, 4) is 11.3 Å². The number of rotatable bonds is 8. The fourth-order valence-corrected chi connectivity index (χ4v) is 2.84. The number of nitrogens with zero attached hydrogens (tertiary/aromatic N) is 2. The van der Waals surface area contributed by atoms with Crippen molar-refractivity contribution < 1.29 is 32.4 Å². The Morgan fingerprint density at radius 3 is 2.56 bits per heavy atom. The number of esters is 1. The van der Waals surface area contributed by atoms with E-state index < -0.39 is 35.0 Å². The van der Waals surface area contributed by atoms with Gasteiger partial charge in [0.05, 0.1) is 34.4 Å². The lowest BCUT2D eigenvalue weighted by Gasteiger charge is -2.09. The summed E-state index contributed by atoms with van der Waals surface area (Å²) in [5.74, 6) is -3.07. The Labute approximate surface area is 180 Å². The molecule has 1 aromatic heterocycles. The average Bonchev–Trinajstić information content (AvgIpc) is 3.20. The molecule has 0 spiro atoms. The van der Waals surface area contributed by atoms with Gasteiger partial charge in [0.25, 0.3) is 11.6 Å². The molecular formula is C21H17F2N3O6. The molecule has 0 aliphatic heterocycles. The normalized spacial score (nSPS) is 10.6. The number of benzene rings is 2. The number of nitro benzene ring substituents is 1. The van der Waals surface area contributed by atoms with E-state index in [2.05, 4.69) is 10.3 Å². The van der Waals surface area contributed by atoms with Gasteiger partial charge in [0.15, 0.2) is 18.3 Å². The van der Waals surface area contributed by atoms with E-state index in [1.807, 2.05) is 0 Å². The van der Waals surface area contributed by atoms with Gasteiger partial charge in [0.1, 0.15) is 11.6 Å². The van der Waals surface area contributed by atoms with E-state index in [1.165, 1.54) is 31.2 Å². The molecule has 3 aromatic rings. The van der Waals surface area contributed by atoms with E-state index in [4.69, 9.17) is 9.15 Å². The highest BCUT2D eigenvalue weighted by Crippen LogP contribution is 2.27. The topological polar surface area (TPSA) is 125 Å². The van der Waals surface area contributed by atoms with Gasteiger partial charge in [-0.3, -0.25) is 19.7 Å². The van der Waals surface area contributed by atoms with Crippen molar-refractivity contribution in [2.75, 3.05) is 11.9 Å². The molecule has 1 amide bonds. The highest BCUT2D eigenvalue weighted by molar-refractivity contribution is 5.94. The zero-order valence-corrected chi connectivity index (χ0v) is 16.8. The number of carbonyl (C=O) groups is 2. The van der Waals surface area contributed by atoms with Gasteiger partial charge in [-0.1, -0.05) is 12.1 Å². The van der Waals surface area contributed by atoms with E-state index in [0.717, 1.165) is 18.3 Å². The van der Waals surface area contributed by atoms with Gasteiger partial charge in [-0.2, -0.15) is 0 Å². The lowest BCUT2D eigenvalue weighted by Crippen LogP contribution is -2.21. The van der Waals surface area contributed by atoms with Crippen molar-refractivity contribution in [1.29, 1.82) is 0 Å². The Morgan fingerprint density at radius 1 is 1.19 bits per heavy atom. The number of hydrogen-bond donors (Lipinski definition) is 1. The van der Waals surface area contributed by atoms with E-state index in [9.17, 15) is 28.5 Å². The van der Waals surface area contributed by atoms with Crippen molar-refractivity contribution in [2.24, 2.45) is 0 Å². The summed E-state index contributed by atoms with van der Waals surface area (Å²) in [4.78, 5) is 38.1. The molecule has 0 atom stereocenters. The fraction of sp³-hybridized carbons (Fsp3) is 0.190. The summed E-state index contributed by atoms with van der Waals surface area (Å²) in [7, 11) is 0. The SMILES string of the molecule is Cc1c(NC(=O)COC(=O)CCc2ncc(-c3c(F)cccc3F)o2)cccc1[N+](=O)[O-]. The van der Waals surface area contributed by atoms with Crippen LogP contribution in [0.2, 0.25) is 0 Å². The number of aromatic nitrogens is 1. The molecule has 2 aromatic carbocycles. The van der Waals surface area contributed by atoms with Crippen LogP contribution in [0, 0.1) is 28.7 Å². The van der Waals surface area contributed by atoms with Crippen molar-refractivity contribution in [3.05, 3.63) is 75.8 Å². The van der Waals surface area contributed by atoms with Gasteiger partial charge in [0.2, 0.25) is 0 Å². The molecule has 166 valence electrons. The Morgan fingerprint density at radius 2 is 1.88 bits per heavy atom. The van der Waals surface area contributed by atoms with Crippen LogP contribution in [0.15, 0.2) is 47.0 Å². The minimum atomic E-state index is -0.808. The Balaban J connectivity index is 1.50. The number of nitrogens with one attached hydrogen (secondary N) is 1. The number of aryl methyl sites for hydroxylation is 1. The summed E-state index contributed by atoms with van der Waals surface area (Å²) in [6, 6.07) is 7.60. The average molecular weight is 445 g/mol. The zero-order valence-electron chi connectivity index (χ0n) is 16.8. The minimum Gasteiger partial charge on any atom is -0.456 e. The summed E-state index contributed by atoms with van der Waals surface area (Å²) in [5.41, 5.74) is -0.0154. The molecule has 0 saturated carbocycles. The molecule has 0 saturated heterocycles. The Bertz CT molecular complexity index is 1160. The first-order chi connectivity index (χ1) is 15.3. The largest absolute Gasteiger partial charge is 0.456 e. The third-order valence-corrected chi connectivity index (χ3v) is 4.45. The quantitative estimate of drug-likeness (QED) is 0.316. The number of hydrogen-bond acceptors (Lipinski definition) is 7. The molecule has 1 N–H and O–H groups in total. The number of anilines is 1. The highest BCUT2D eigenvalue weighted by Gasteiger charge is 2.18. The molecule has 0 bridgehead atoms. The van der Waals surface area contributed by atoms with Crippen molar-refractivity contribution in [2.45, 2.75) is 19.8 Å². The molecule has 0 aliphatic rings. The van der Waals surface area contributed by atoms with Crippen LogP contribution in [-0.4, -0.2) is 28.4 Å². The van der Waals surface area contributed by atoms with Crippen LogP contribution < -0.4 is 5.32 Å². The maximum absolute atomic E-state index is 13.8. The van der Waals surface area contributed by atoms with Gasteiger partial charge in [-0.25, -0.2) is 13.8 Å². The van der Waals surface area contributed by atoms with Gasteiger partial charge >= 0.3 is 5.97 Å². The van der Waals surface area contributed by atoms with Crippen molar-refractivity contribution in [1.82, 2.24) is 4.98 Å². The third kappa shape index (κ3) is 5.31. The van der Waals surface area contributed by atoms with Gasteiger partial charge in [-0.05, 0) is 25.1 Å². The van der Waals surface area contributed by atoms with Gasteiger partial charge in [-0.15, -0.1) is 0 Å². The van der Waals surface area contributed by atoms with Crippen molar-refractivity contribution in [3.63, 3.8) is 0 Å². The Hall–Kier alpha value is -4.15. The first kappa shape index (κ1) is 22.5. The molecule has 0 radical (unpaired) electrons. The molecule has 9 nitrogen and oxygen atoms in total. The molecule has 32 heavy (non-hydrogen) atoms. The number of amides is 1. The monoisotopic (exact) mass is 445 g/mol. The first-order valence-electron chi connectivity index (χ1n) is 9.35. The molecule has 0 fully saturated rings. The van der Waals surface area contributed by atoms with Gasteiger partial charge in [0, 0.05) is 12.5 Å². The first-order valence-corrected chi connectivity index (χ1v) is 9.35. The second-order valence-electron chi connectivity index (χ2n) is 6.63. The molecule has 0 aliphatic carbocycles. The second-order valence-corrected chi connectivity index (χ2v) is 6.63. The molecule has 11 heteroatoms. The standard InChI is InChI=1S/C21H17F2N3O6/c1-12-15(6-3-7-16(12)26(29)30)25-18(27)11-31-20(28)9-8-19-24-10-17(32-19)21-13(22)4-2-5-14(21)23/h2-7,10H,8-9,11H2,1H3,(H,25,27). The van der Waals surface area contributed by atoms with Crippen LogP contribution in [-0.2, 0) is 20.7 Å². The van der Waals surface area contributed by atoms with E-state index >= 15 is 0 Å². The number of halogens is 2. The van der Waals surface area contributed by atoms with Crippen LogP contribution in [0.4, 0.5) is 20.2 Å². The van der Waals surface area contributed by atoms with Crippen LogP contribution in [0.1, 0.15) is 17.9 Å². The van der Waals surface area contributed by atoms with Crippen LogP contribution in [0.25, 0.3) is 11.3 Å². The molecule has 3 rings (SSSR count). The summed E-state index contributed by atoms with van der Waals surface area (Å²) in [6.45, 7) is 0.885. The minimum absolute atomic E-state index is 0.0134. The van der Waals surface area contributed by atoms with Crippen molar-refractivity contribution >= 4 is 23.3 Å².